The Hall–Kier alpha value is -0.810. The molecule has 0 aliphatic heterocycles. The molecule has 6 heteroatoms. The average Bonchev–Trinajstić information content (AvgIpc) is 2.33. The number of ether oxygens (including phenoxy) is 2. The van der Waals surface area contributed by atoms with E-state index in [0.717, 1.165) is 0 Å². The fourth-order valence-electron chi connectivity index (χ4n) is 1.53. The number of nitrogens with one attached hydrogen (secondary N) is 1. The molecule has 0 aliphatic rings. The van der Waals surface area contributed by atoms with E-state index in [9.17, 15) is 4.79 Å². The van der Waals surface area contributed by atoms with Gasteiger partial charge in [-0.1, -0.05) is 23.2 Å². The minimum atomic E-state index is -0.521. The van der Waals surface area contributed by atoms with E-state index in [1.54, 1.807) is 19.1 Å². The minimum Gasteiger partial charge on any atom is -0.354 e. The van der Waals surface area contributed by atoms with Crippen LogP contribution in [0.5, 0.6) is 0 Å². The first-order chi connectivity index (χ1) is 8.49. The summed E-state index contributed by atoms with van der Waals surface area (Å²) in [7, 11) is 3.01. The standard InChI is InChI=1S/C12H15Cl2NO3/c1-7(12(17-2)18-3)15-11(16)9-6-8(13)4-5-10(9)14/h4-7,12H,1-3H3,(H,15,16). The topological polar surface area (TPSA) is 47.6 Å². The fraction of sp³-hybridized carbons (Fsp3) is 0.417. The van der Waals surface area contributed by atoms with Gasteiger partial charge in [-0.2, -0.15) is 0 Å². The van der Waals surface area contributed by atoms with Crippen molar-refractivity contribution in [3.05, 3.63) is 33.8 Å². The SMILES string of the molecule is COC(OC)C(C)NC(=O)c1cc(Cl)ccc1Cl. The summed E-state index contributed by atoms with van der Waals surface area (Å²) in [6.45, 7) is 1.77. The molecule has 1 aromatic rings. The number of benzene rings is 1. The Bertz CT molecular complexity index is 422. The summed E-state index contributed by atoms with van der Waals surface area (Å²) in [4.78, 5) is 12.0. The second-order valence-corrected chi connectivity index (χ2v) is 4.57. The van der Waals surface area contributed by atoms with Gasteiger partial charge in [0.15, 0.2) is 6.29 Å². The van der Waals surface area contributed by atoms with Crippen LogP contribution >= 0.6 is 23.2 Å². The van der Waals surface area contributed by atoms with Gasteiger partial charge in [0.1, 0.15) is 0 Å². The van der Waals surface area contributed by atoms with Crippen LogP contribution in [-0.4, -0.2) is 32.5 Å². The Balaban J connectivity index is 2.79. The largest absolute Gasteiger partial charge is 0.354 e. The molecular weight excluding hydrogens is 277 g/mol. The molecule has 100 valence electrons. The lowest BCUT2D eigenvalue weighted by molar-refractivity contribution is -0.117. The van der Waals surface area contributed by atoms with E-state index in [1.807, 2.05) is 0 Å². The molecule has 0 saturated carbocycles. The van der Waals surface area contributed by atoms with Gasteiger partial charge < -0.3 is 14.8 Å². The number of amides is 1. The molecule has 18 heavy (non-hydrogen) atoms. The first-order valence-electron chi connectivity index (χ1n) is 5.31. The number of hydrogen-bond donors (Lipinski definition) is 1. The monoisotopic (exact) mass is 291 g/mol. The van der Waals surface area contributed by atoms with Crippen LogP contribution in [0.25, 0.3) is 0 Å². The van der Waals surface area contributed by atoms with E-state index in [4.69, 9.17) is 32.7 Å². The number of methoxy groups -OCH3 is 2. The normalized spacial score (nSPS) is 12.6. The first kappa shape index (κ1) is 15.2. The maximum Gasteiger partial charge on any atom is 0.253 e. The lowest BCUT2D eigenvalue weighted by Gasteiger charge is -2.22. The predicted octanol–water partition coefficient (Wildman–Crippen LogP) is 2.73. The summed E-state index contributed by atoms with van der Waals surface area (Å²) < 4.78 is 10.1. The van der Waals surface area contributed by atoms with Gasteiger partial charge in [0.2, 0.25) is 0 Å². The third-order valence-electron chi connectivity index (χ3n) is 2.40. The van der Waals surface area contributed by atoms with Gasteiger partial charge in [0, 0.05) is 19.2 Å². The average molecular weight is 292 g/mol. The molecule has 1 aromatic carbocycles. The zero-order chi connectivity index (χ0) is 13.7. The van der Waals surface area contributed by atoms with Crippen molar-refractivity contribution in [2.24, 2.45) is 0 Å². The van der Waals surface area contributed by atoms with Crippen molar-refractivity contribution in [2.75, 3.05) is 14.2 Å². The molecular formula is C12H15Cl2NO3. The van der Waals surface area contributed by atoms with Crippen molar-refractivity contribution >= 4 is 29.1 Å². The van der Waals surface area contributed by atoms with Gasteiger partial charge in [-0.15, -0.1) is 0 Å². The van der Waals surface area contributed by atoms with Crippen molar-refractivity contribution in [3.63, 3.8) is 0 Å². The summed E-state index contributed by atoms with van der Waals surface area (Å²) in [6.07, 6.45) is -0.521. The van der Waals surface area contributed by atoms with Gasteiger partial charge in [-0.3, -0.25) is 4.79 Å². The zero-order valence-electron chi connectivity index (χ0n) is 10.4. The van der Waals surface area contributed by atoms with E-state index >= 15 is 0 Å². The van der Waals surface area contributed by atoms with Crippen LogP contribution in [-0.2, 0) is 9.47 Å². The number of carbonyl (C=O) groups is 1. The molecule has 0 aromatic heterocycles. The number of halogens is 2. The quantitative estimate of drug-likeness (QED) is 0.849. The molecule has 0 aliphatic carbocycles. The number of carbonyl (C=O) groups excluding carboxylic acids is 1. The molecule has 1 unspecified atom stereocenters. The van der Waals surface area contributed by atoms with Gasteiger partial charge in [-0.25, -0.2) is 0 Å². The third kappa shape index (κ3) is 3.85. The van der Waals surface area contributed by atoms with Crippen molar-refractivity contribution in [3.8, 4) is 0 Å². The molecule has 0 heterocycles. The van der Waals surface area contributed by atoms with Crippen LogP contribution in [0.4, 0.5) is 0 Å². The summed E-state index contributed by atoms with van der Waals surface area (Å²) >= 11 is 11.8. The molecule has 0 radical (unpaired) electrons. The molecule has 1 atom stereocenters. The van der Waals surface area contributed by atoms with Crippen LogP contribution in [0.3, 0.4) is 0 Å². The molecule has 1 rings (SSSR count). The molecule has 0 bridgehead atoms. The summed E-state index contributed by atoms with van der Waals surface area (Å²) in [5, 5.41) is 3.53. The Morgan fingerprint density at radius 3 is 2.44 bits per heavy atom. The minimum absolute atomic E-state index is 0.317. The van der Waals surface area contributed by atoms with E-state index in [-0.39, 0.29) is 11.9 Å². The highest BCUT2D eigenvalue weighted by molar-refractivity contribution is 6.35. The predicted molar refractivity (Wildman–Crippen MR) is 71.2 cm³/mol. The van der Waals surface area contributed by atoms with Gasteiger partial charge in [-0.05, 0) is 25.1 Å². The maximum atomic E-state index is 12.0. The molecule has 0 saturated heterocycles. The Morgan fingerprint density at radius 1 is 1.28 bits per heavy atom. The molecule has 4 nitrogen and oxygen atoms in total. The van der Waals surface area contributed by atoms with Crippen molar-refractivity contribution in [1.29, 1.82) is 0 Å². The van der Waals surface area contributed by atoms with Crippen LogP contribution in [0.1, 0.15) is 17.3 Å². The Kier molecular flexibility index (Phi) is 5.88. The summed E-state index contributed by atoms with van der Waals surface area (Å²) in [5.41, 5.74) is 0.321. The van der Waals surface area contributed by atoms with E-state index in [1.165, 1.54) is 20.3 Å². The maximum absolute atomic E-state index is 12.0. The highest BCUT2D eigenvalue weighted by atomic mass is 35.5. The molecule has 0 spiro atoms. The van der Waals surface area contributed by atoms with E-state index in [2.05, 4.69) is 5.32 Å². The molecule has 0 fully saturated rings. The Labute approximate surface area is 116 Å². The van der Waals surface area contributed by atoms with E-state index < -0.39 is 6.29 Å². The smallest absolute Gasteiger partial charge is 0.253 e. The number of hydrogen-bond acceptors (Lipinski definition) is 3. The second-order valence-electron chi connectivity index (χ2n) is 3.73. The Morgan fingerprint density at radius 2 is 1.89 bits per heavy atom. The highest BCUT2D eigenvalue weighted by Gasteiger charge is 2.20. The van der Waals surface area contributed by atoms with Crippen LogP contribution in [0.2, 0.25) is 10.0 Å². The molecule has 1 N–H and O–H groups in total. The highest BCUT2D eigenvalue weighted by Crippen LogP contribution is 2.20. The lowest BCUT2D eigenvalue weighted by Crippen LogP contribution is -2.43. The lowest BCUT2D eigenvalue weighted by atomic mass is 10.2. The summed E-state index contributed by atoms with van der Waals surface area (Å²) in [5.74, 6) is -0.325. The fourth-order valence-corrected chi connectivity index (χ4v) is 1.90. The van der Waals surface area contributed by atoms with Crippen LogP contribution in [0, 0.1) is 0 Å². The van der Waals surface area contributed by atoms with Gasteiger partial charge >= 0.3 is 0 Å². The second kappa shape index (κ2) is 6.95. The van der Waals surface area contributed by atoms with Gasteiger partial charge in [0.05, 0.1) is 16.6 Å². The van der Waals surface area contributed by atoms with Crippen molar-refractivity contribution in [2.45, 2.75) is 19.3 Å². The van der Waals surface area contributed by atoms with Crippen LogP contribution < -0.4 is 5.32 Å². The van der Waals surface area contributed by atoms with Crippen molar-refractivity contribution in [1.82, 2.24) is 5.32 Å². The summed E-state index contributed by atoms with van der Waals surface area (Å²) in [6, 6.07) is 4.40. The number of rotatable bonds is 5. The molecule has 1 amide bonds. The van der Waals surface area contributed by atoms with E-state index in [0.29, 0.717) is 15.6 Å². The third-order valence-corrected chi connectivity index (χ3v) is 2.97. The first-order valence-corrected chi connectivity index (χ1v) is 6.06. The van der Waals surface area contributed by atoms with Crippen LogP contribution in [0.15, 0.2) is 18.2 Å². The zero-order valence-corrected chi connectivity index (χ0v) is 11.9. The van der Waals surface area contributed by atoms with Gasteiger partial charge in [0.25, 0.3) is 5.91 Å². The van der Waals surface area contributed by atoms with Crippen molar-refractivity contribution < 1.29 is 14.3 Å².